The monoisotopic (exact) mass is 395 g/mol. The van der Waals surface area contributed by atoms with Gasteiger partial charge in [0.15, 0.2) is 0 Å². The smallest absolute Gasteiger partial charge is 0.355 e. The topological polar surface area (TPSA) is 144 Å². The van der Waals surface area contributed by atoms with Crippen LogP contribution in [0.4, 0.5) is 23.0 Å². The molecule has 0 radical (unpaired) electrons. The normalized spacial score (nSPS) is 10.1. The highest BCUT2D eigenvalue weighted by molar-refractivity contribution is 5.94. The number of carbonyl (C=O) groups is 1. The molecule has 3 aromatic rings. The van der Waals surface area contributed by atoms with Crippen molar-refractivity contribution >= 4 is 28.9 Å². The van der Waals surface area contributed by atoms with Crippen LogP contribution in [-0.4, -0.2) is 32.4 Å². The zero-order valence-electron chi connectivity index (χ0n) is 15.3. The summed E-state index contributed by atoms with van der Waals surface area (Å²) >= 11 is 0. The number of nitrogens with zero attached hydrogens (tertiary/aromatic N) is 4. The van der Waals surface area contributed by atoms with Crippen LogP contribution >= 0.6 is 0 Å². The van der Waals surface area contributed by atoms with Gasteiger partial charge in [0.1, 0.15) is 12.1 Å². The second-order valence-corrected chi connectivity index (χ2v) is 5.55. The van der Waals surface area contributed by atoms with E-state index in [9.17, 15) is 14.9 Å². The average molecular weight is 395 g/mol. The van der Waals surface area contributed by atoms with E-state index >= 15 is 0 Å². The number of benzene rings is 1. The molecular weight excluding hydrogens is 378 g/mol. The minimum atomic E-state index is -0.649. The summed E-state index contributed by atoms with van der Waals surface area (Å²) in [5.41, 5.74) is 5.16. The molecule has 0 aliphatic heterocycles. The van der Waals surface area contributed by atoms with Crippen molar-refractivity contribution in [2.24, 2.45) is 0 Å². The molecule has 0 bridgehead atoms. The van der Waals surface area contributed by atoms with Gasteiger partial charge in [0.25, 0.3) is 5.91 Å². The lowest BCUT2D eigenvalue weighted by Gasteiger charge is -2.13. The summed E-state index contributed by atoms with van der Waals surface area (Å²) in [6, 6.07) is 10.1. The van der Waals surface area contributed by atoms with Crippen LogP contribution in [0.15, 0.2) is 55.1 Å². The second-order valence-electron chi connectivity index (χ2n) is 5.55. The number of nitrogens with one attached hydrogen (secondary N) is 3. The fraction of sp³-hybridized carbons (Fsp3) is 0.111. The number of rotatable bonds is 8. The van der Waals surface area contributed by atoms with Crippen LogP contribution in [-0.2, 0) is 0 Å². The van der Waals surface area contributed by atoms with Gasteiger partial charge in [-0.15, -0.1) is 0 Å². The number of hydrogen-bond acceptors (Lipinski definition) is 9. The molecule has 3 N–H and O–H groups in total. The van der Waals surface area contributed by atoms with Crippen LogP contribution in [0.2, 0.25) is 0 Å². The summed E-state index contributed by atoms with van der Waals surface area (Å²) in [6.07, 6.45) is 4.03. The van der Waals surface area contributed by atoms with E-state index in [0.717, 1.165) is 6.33 Å². The van der Waals surface area contributed by atoms with Crippen molar-refractivity contribution in [2.75, 3.05) is 17.3 Å². The number of nitro groups is 1. The third-order valence-corrected chi connectivity index (χ3v) is 3.66. The molecule has 2 aromatic heterocycles. The van der Waals surface area contributed by atoms with E-state index in [-0.39, 0.29) is 17.2 Å². The van der Waals surface area contributed by atoms with Gasteiger partial charge in [-0.25, -0.2) is 9.97 Å². The number of amides is 1. The summed E-state index contributed by atoms with van der Waals surface area (Å²) < 4.78 is 5.51. The highest BCUT2D eigenvalue weighted by atomic mass is 16.6. The molecule has 0 fully saturated rings. The van der Waals surface area contributed by atoms with E-state index in [4.69, 9.17) is 4.74 Å². The van der Waals surface area contributed by atoms with E-state index < -0.39 is 16.5 Å². The maximum Gasteiger partial charge on any atom is 0.355 e. The molecule has 0 saturated carbocycles. The molecule has 0 aliphatic carbocycles. The molecule has 2 heterocycles. The van der Waals surface area contributed by atoms with Crippen molar-refractivity contribution < 1.29 is 14.5 Å². The molecule has 1 amide bonds. The Labute approximate surface area is 165 Å². The first kappa shape index (κ1) is 19.5. The molecule has 148 valence electrons. The fourth-order valence-electron chi connectivity index (χ4n) is 2.40. The van der Waals surface area contributed by atoms with Gasteiger partial charge in [0.05, 0.1) is 22.8 Å². The highest BCUT2D eigenvalue weighted by Gasteiger charge is 2.24. The third-order valence-electron chi connectivity index (χ3n) is 3.66. The van der Waals surface area contributed by atoms with E-state index in [0.29, 0.717) is 18.0 Å². The van der Waals surface area contributed by atoms with Crippen LogP contribution in [0.3, 0.4) is 0 Å². The number of pyridine rings is 1. The summed E-state index contributed by atoms with van der Waals surface area (Å²) in [6.45, 7) is 2.26. The predicted molar refractivity (Wildman–Crippen MR) is 105 cm³/mol. The molecule has 29 heavy (non-hydrogen) atoms. The lowest BCUT2D eigenvalue weighted by Crippen LogP contribution is -2.30. The van der Waals surface area contributed by atoms with Gasteiger partial charge < -0.3 is 10.1 Å². The van der Waals surface area contributed by atoms with Gasteiger partial charge >= 0.3 is 5.69 Å². The summed E-state index contributed by atoms with van der Waals surface area (Å²) in [4.78, 5) is 34.8. The van der Waals surface area contributed by atoms with Crippen LogP contribution in [0.5, 0.6) is 5.75 Å². The number of carbonyl (C=O) groups excluding carboxylic acids is 1. The van der Waals surface area contributed by atoms with Gasteiger partial charge in [0, 0.05) is 12.4 Å². The lowest BCUT2D eigenvalue weighted by atomic mass is 10.3. The van der Waals surface area contributed by atoms with Crippen molar-refractivity contribution in [3.63, 3.8) is 0 Å². The Kier molecular flexibility index (Phi) is 6.10. The molecule has 0 unspecified atom stereocenters. The van der Waals surface area contributed by atoms with E-state index in [1.807, 2.05) is 6.92 Å². The van der Waals surface area contributed by atoms with Gasteiger partial charge in [0.2, 0.25) is 11.6 Å². The first-order valence-corrected chi connectivity index (χ1v) is 8.54. The Hall–Kier alpha value is -4.28. The molecular formula is C18H17N7O4. The van der Waals surface area contributed by atoms with Gasteiger partial charge in [-0.3, -0.25) is 30.7 Å². The van der Waals surface area contributed by atoms with Crippen molar-refractivity contribution in [3.05, 3.63) is 70.8 Å². The number of aromatic nitrogens is 3. The second kappa shape index (κ2) is 9.08. The van der Waals surface area contributed by atoms with Crippen molar-refractivity contribution in [1.82, 2.24) is 20.4 Å². The summed E-state index contributed by atoms with van der Waals surface area (Å²) in [5.74, 6) is -0.251. The first-order valence-electron chi connectivity index (χ1n) is 8.54. The Morgan fingerprint density at radius 2 is 1.97 bits per heavy atom. The number of anilines is 3. The molecule has 1 aromatic carbocycles. The highest BCUT2D eigenvalue weighted by Crippen LogP contribution is 2.33. The Balaban J connectivity index is 1.85. The van der Waals surface area contributed by atoms with Gasteiger partial charge in [-0.1, -0.05) is 12.1 Å². The molecule has 11 nitrogen and oxygen atoms in total. The molecule has 0 aliphatic rings. The molecule has 0 saturated heterocycles. The number of para-hydroxylation sites is 2. The summed E-state index contributed by atoms with van der Waals surface area (Å²) in [7, 11) is 0. The molecule has 0 atom stereocenters. The number of ether oxygens (including phenoxy) is 1. The minimum Gasteiger partial charge on any atom is -0.492 e. The molecule has 0 spiro atoms. The maximum absolute atomic E-state index is 12.1. The van der Waals surface area contributed by atoms with Gasteiger partial charge in [-0.05, 0) is 31.2 Å². The third kappa shape index (κ3) is 4.71. The summed E-state index contributed by atoms with van der Waals surface area (Å²) in [5, 5.41) is 14.5. The van der Waals surface area contributed by atoms with Crippen molar-refractivity contribution in [3.8, 4) is 5.75 Å². The maximum atomic E-state index is 12.1. The zero-order valence-corrected chi connectivity index (χ0v) is 15.3. The zero-order chi connectivity index (χ0) is 20.6. The first-order chi connectivity index (χ1) is 14.1. The largest absolute Gasteiger partial charge is 0.492 e. The SMILES string of the molecule is CCOc1ccccc1Nc1ncnc(NNC(=O)c2cccnc2)c1[N+](=O)[O-]. The molecule has 11 heteroatoms. The predicted octanol–water partition coefficient (Wildman–Crippen LogP) is 2.68. The quantitative estimate of drug-likeness (QED) is 0.387. The van der Waals surface area contributed by atoms with Crippen molar-refractivity contribution in [2.45, 2.75) is 6.92 Å². The lowest BCUT2D eigenvalue weighted by molar-refractivity contribution is -0.383. The standard InChI is InChI=1S/C18H17N7O4/c1-2-29-14-8-4-3-7-13(14)22-16-15(25(27)28)17(21-11-20-16)23-24-18(26)12-6-5-9-19-10-12/h3-11H,2H2,1H3,(H,24,26)(H2,20,21,22,23). The van der Waals surface area contributed by atoms with Crippen molar-refractivity contribution in [1.29, 1.82) is 0 Å². The minimum absolute atomic E-state index is 0.0599. The Morgan fingerprint density at radius 3 is 2.69 bits per heavy atom. The number of hydrogen-bond donors (Lipinski definition) is 3. The average Bonchev–Trinajstić information content (AvgIpc) is 2.74. The fourth-order valence-corrected chi connectivity index (χ4v) is 2.40. The Bertz CT molecular complexity index is 1010. The van der Waals surface area contributed by atoms with Crippen LogP contribution in [0, 0.1) is 10.1 Å². The van der Waals surface area contributed by atoms with E-state index in [2.05, 4.69) is 31.1 Å². The van der Waals surface area contributed by atoms with Crippen LogP contribution in [0.1, 0.15) is 17.3 Å². The van der Waals surface area contributed by atoms with Crippen LogP contribution < -0.4 is 20.9 Å². The van der Waals surface area contributed by atoms with E-state index in [1.54, 1.807) is 36.4 Å². The van der Waals surface area contributed by atoms with E-state index in [1.165, 1.54) is 12.4 Å². The molecule has 3 rings (SSSR count). The number of hydrazine groups is 1. The van der Waals surface area contributed by atoms with Gasteiger partial charge in [-0.2, -0.15) is 0 Å². The Morgan fingerprint density at radius 1 is 1.17 bits per heavy atom. The van der Waals surface area contributed by atoms with Crippen LogP contribution in [0.25, 0.3) is 0 Å².